The van der Waals surface area contributed by atoms with Crippen LogP contribution < -0.4 is 0 Å². The van der Waals surface area contributed by atoms with Gasteiger partial charge in [-0.25, -0.2) is 4.98 Å². The third-order valence-corrected chi connectivity index (χ3v) is 10.4. The Hall–Kier alpha value is -3.12. The van der Waals surface area contributed by atoms with Crippen molar-refractivity contribution in [2.75, 3.05) is 6.54 Å². The number of carbonyl (C=O) groups excluding carboxylic acids is 1. The van der Waals surface area contributed by atoms with Gasteiger partial charge in [-0.2, -0.15) is 0 Å². The number of aliphatic hydroxyl groups is 1. The molecule has 0 bridgehead atoms. The van der Waals surface area contributed by atoms with Gasteiger partial charge in [-0.1, -0.05) is 18.2 Å². The zero-order chi connectivity index (χ0) is 24.6. The molecule has 3 saturated carbocycles. The minimum atomic E-state index is -0.978. The Bertz CT molecular complexity index is 1640. The van der Waals surface area contributed by atoms with Crippen molar-refractivity contribution in [2.24, 2.45) is 23.7 Å². The highest BCUT2D eigenvalue weighted by Crippen LogP contribution is 2.60. The third kappa shape index (κ3) is 2.74. The summed E-state index contributed by atoms with van der Waals surface area (Å²) < 4.78 is 4.74. The van der Waals surface area contributed by atoms with Gasteiger partial charge >= 0.3 is 0 Å². The van der Waals surface area contributed by atoms with Crippen LogP contribution in [0.4, 0.5) is 0 Å². The van der Waals surface area contributed by atoms with Crippen LogP contribution in [0.2, 0.25) is 0 Å². The van der Waals surface area contributed by atoms with E-state index in [9.17, 15) is 9.90 Å². The highest BCUT2D eigenvalue weighted by atomic mass is 16.3. The van der Waals surface area contributed by atoms with E-state index in [1.165, 1.54) is 36.6 Å². The summed E-state index contributed by atoms with van der Waals surface area (Å²) in [5, 5.41) is 12.7. The first kappa shape index (κ1) is 20.9. The first-order valence-electron chi connectivity index (χ1n) is 14.1. The van der Waals surface area contributed by atoms with Gasteiger partial charge < -0.3 is 19.1 Å². The van der Waals surface area contributed by atoms with Gasteiger partial charge in [0.05, 0.1) is 22.3 Å². The van der Waals surface area contributed by atoms with Gasteiger partial charge in [0.25, 0.3) is 5.91 Å². The van der Waals surface area contributed by atoms with E-state index in [0.717, 1.165) is 59.0 Å². The summed E-state index contributed by atoms with van der Waals surface area (Å²) in [6.45, 7) is 4.52. The number of hydrogen-bond acceptors (Lipinski definition) is 3. The van der Waals surface area contributed by atoms with Gasteiger partial charge in [-0.05, 0) is 87.0 Å². The van der Waals surface area contributed by atoms with Crippen molar-refractivity contribution in [1.82, 2.24) is 19.0 Å². The predicted octanol–water partition coefficient (Wildman–Crippen LogP) is 5.16. The van der Waals surface area contributed by atoms with Crippen LogP contribution in [0, 0.1) is 23.7 Å². The Morgan fingerprint density at radius 1 is 1.14 bits per heavy atom. The van der Waals surface area contributed by atoms with Crippen molar-refractivity contribution < 1.29 is 9.90 Å². The number of fused-ring (bicyclic) bond motifs is 1. The SMILES string of the molecule is CC1(O)CCn2c(-c3cc4ccccc4n3CC3CC3)nc3cc(C(=O)N4CC5CC6CC4[C@H]65)cc1c32. The van der Waals surface area contributed by atoms with E-state index in [-0.39, 0.29) is 5.91 Å². The molecule has 5 atom stereocenters. The van der Waals surface area contributed by atoms with Gasteiger partial charge in [-0.3, -0.25) is 4.79 Å². The maximum absolute atomic E-state index is 13.8. The van der Waals surface area contributed by atoms with Crippen molar-refractivity contribution in [3.8, 4) is 11.5 Å². The minimum Gasteiger partial charge on any atom is -0.385 e. The normalized spacial score (nSPS) is 31.5. The smallest absolute Gasteiger partial charge is 0.254 e. The zero-order valence-corrected chi connectivity index (χ0v) is 21.2. The molecule has 6 nitrogen and oxygen atoms in total. The molecule has 2 aromatic heterocycles. The fourth-order valence-corrected chi connectivity index (χ4v) is 8.19. The zero-order valence-electron chi connectivity index (χ0n) is 21.2. The maximum atomic E-state index is 13.8. The van der Waals surface area contributed by atoms with Gasteiger partial charge in [0, 0.05) is 47.7 Å². The number of carbonyl (C=O) groups is 1. The molecule has 6 heteroatoms. The van der Waals surface area contributed by atoms with E-state index in [2.05, 4.69) is 44.4 Å². The molecular weight excluding hydrogens is 460 g/mol. The Balaban J connectivity index is 1.22. The average molecular weight is 493 g/mol. The Kier molecular flexibility index (Phi) is 3.86. The molecule has 1 saturated heterocycles. The number of rotatable bonds is 4. The number of nitrogens with zero attached hydrogens (tertiary/aromatic N) is 4. The van der Waals surface area contributed by atoms with Gasteiger partial charge in [0.15, 0.2) is 5.82 Å². The number of benzene rings is 2. The lowest BCUT2D eigenvalue weighted by atomic mass is 9.53. The van der Waals surface area contributed by atoms with Gasteiger partial charge in [0.2, 0.25) is 0 Å². The number of aromatic nitrogens is 3. The molecule has 0 radical (unpaired) electrons. The number of hydrogen-bond donors (Lipinski definition) is 1. The van der Waals surface area contributed by atoms with E-state index >= 15 is 0 Å². The van der Waals surface area contributed by atoms with E-state index in [1.807, 2.05) is 19.1 Å². The van der Waals surface area contributed by atoms with Crippen molar-refractivity contribution >= 4 is 27.8 Å². The van der Waals surface area contributed by atoms with E-state index < -0.39 is 5.60 Å². The van der Waals surface area contributed by atoms with Crippen LogP contribution in [-0.2, 0) is 18.7 Å². The van der Waals surface area contributed by atoms with Crippen molar-refractivity contribution in [1.29, 1.82) is 0 Å². The molecule has 2 aromatic carbocycles. The highest BCUT2D eigenvalue weighted by molar-refractivity contribution is 6.00. The molecule has 5 aliphatic rings. The summed E-state index contributed by atoms with van der Waals surface area (Å²) in [5.74, 6) is 4.12. The molecule has 2 aliphatic heterocycles. The topological polar surface area (TPSA) is 63.3 Å². The van der Waals surface area contributed by atoms with Gasteiger partial charge in [-0.15, -0.1) is 0 Å². The number of para-hydroxylation sites is 1. The average Bonchev–Trinajstić information content (AvgIpc) is 3.52. The molecule has 37 heavy (non-hydrogen) atoms. The van der Waals surface area contributed by atoms with Crippen LogP contribution in [0.15, 0.2) is 42.5 Å². The molecule has 4 fully saturated rings. The lowest BCUT2D eigenvalue weighted by Gasteiger charge is -2.52. The molecule has 1 N–H and O–H groups in total. The second kappa shape index (κ2) is 6.84. The van der Waals surface area contributed by atoms with Crippen molar-refractivity contribution in [3.63, 3.8) is 0 Å². The summed E-state index contributed by atoms with van der Waals surface area (Å²) in [5.41, 5.74) is 4.76. The molecule has 188 valence electrons. The standard InChI is InChI=1S/C31H32N4O2/c1-31(37)8-9-33-28-22(31)11-20(30(36)35-16-21-10-19-14-25(35)27(19)21)12-23(28)32-29(33)26-13-18-4-2-3-5-24(18)34(26)15-17-6-7-17/h2-5,11-13,17,19,21,25,27,37H,6-10,14-16H2,1H3/t19?,21?,25?,27-,31?/m1/s1. The number of amides is 1. The van der Waals surface area contributed by atoms with Crippen LogP contribution in [0.5, 0.6) is 0 Å². The Labute approximate surface area is 215 Å². The second-order valence-electron chi connectivity index (χ2n) is 12.7. The van der Waals surface area contributed by atoms with Crippen molar-refractivity contribution in [3.05, 3.63) is 53.6 Å². The lowest BCUT2D eigenvalue weighted by molar-refractivity contribution is -0.0204. The van der Waals surface area contributed by atoms with Crippen LogP contribution in [0.3, 0.4) is 0 Å². The van der Waals surface area contributed by atoms with Crippen LogP contribution >= 0.6 is 0 Å². The Morgan fingerprint density at radius 2 is 2.00 bits per heavy atom. The van der Waals surface area contributed by atoms with Crippen LogP contribution in [0.25, 0.3) is 33.5 Å². The molecule has 0 spiro atoms. The van der Waals surface area contributed by atoms with Crippen LogP contribution in [-0.4, -0.2) is 42.6 Å². The summed E-state index contributed by atoms with van der Waals surface area (Å²) in [6, 6.07) is 15.3. The summed E-state index contributed by atoms with van der Waals surface area (Å²) in [7, 11) is 0. The molecule has 4 aromatic rings. The van der Waals surface area contributed by atoms with Crippen LogP contribution in [0.1, 0.15) is 54.9 Å². The maximum Gasteiger partial charge on any atom is 0.254 e. The monoisotopic (exact) mass is 492 g/mol. The fraction of sp³-hybridized carbons (Fsp3) is 0.484. The first-order chi connectivity index (χ1) is 18.0. The minimum absolute atomic E-state index is 0.122. The lowest BCUT2D eigenvalue weighted by Crippen LogP contribution is -2.53. The molecular formula is C31H32N4O2. The number of likely N-dealkylation sites (tertiary alicyclic amines) is 1. The Morgan fingerprint density at radius 3 is 2.81 bits per heavy atom. The molecule has 3 aliphatic carbocycles. The molecule has 1 amide bonds. The van der Waals surface area contributed by atoms with E-state index in [4.69, 9.17) is 4.98 Å². The quantitative estimate of drug-likeness (QED) is 0.428. The largest absolute Gasteiger partial charge is 0.385 e. The predicted molar refractivity (Wildman–Crippen MR) is 142 cm³/mol. The molecule has 4 unspecified atom stereocenters. The number of aryl methyl sites for hydroxylation is 1. The fourth-order valence-electron chi connectivity index (χ4n) is 8.19. The van der Waals surface area contributed by atoms with E-state index in [1.54, 1.807) is 0 Å². The first-order valence-corrected chi connectivity index (χ1v) is 14.1. The van der Waals surface area contributed by atoms with E-state index in [0.29, 0.717) is 30.5 Å². The molecule has 4 heterocycles. The second-order valence-corrected chi connectivity index (χ2v) is 12.7. The third-order valence-electron chi connectivity index (χ3n) is 10.4. The number of imidazole rings is 1. The summed E-state index contributed by atoms with van der Waals surface area (Å²) >= 11 is 0. The van der Waals surface area contributed by atoms with Crippen molar-refractivity contribution in [2.45, 2.75) is 63.8 Å². The van der Waals surface area contributed by atoms with Gasteiger partial charge in [0.1, 0.15) is 0 Å². The summed E-state index contributed by atoms with van der Waals surface area (Å²) in [6.07, 6.45) is 5.66. The summed E-state index contributed by atoms with van der Waals surface area (Å²) in [4.78, 5) is 21.1. The highest BCUT2D eigenvalue weighted by Gasteiger charge is 2.61. The molecule has 9 rings (SSSR count).